The summed E-state index contributed by atoms with van der Waals surface area (Å²) in [5, 5.41) is 3.76. The molecule has 120 valence electrons. The third-order valence-corrected chi connectivity index (χ3v) is 3.87. The molecule has 0 saturated carbocycles. The molecule has 1 unspecified atom stereocenters. The van der Waals surface area contributed by atoms with E-state index in [1.165, 1.54) is 12.0 Å². The zero-order chi connectivity index (χ0) is 15.9. The monoisotopic (exact) mass is 290 g/mol. The van der Waals surface area contributed by atoms with Crippen molar-refractivity contribution in [3.8, 4) is 0 Å². The lowest BCUT2D eigenvalue weighted by Gasteiger charge is -2.39. The SMILES string of the molecule is CCCNC(c1ccccc1)C(C)(C)CN(C)CC(C)C. The molecule has 1 aromatic rings. The predicted octanol–water partition coefficient (Wildman–Crippen LogP) is 4.34. The van der Waals surface area contributed by atoms with Crippen LogP contribution in [0.2, 0.25) is 0 Å². The Morgan fingerprint density at radius 1 is 1.14 bits per heavy atom. The molecular weight excluding hydrogens is 256 g/mol. The molecule has 2 heteroatoms. The quantitative estimate of drug-likeness (QED) is 0.728. The van der Waals surface area contributed by atoms with Crippen LogP contribution in [0.3, 0.4) is 0 Å². The van der Waals surface area contributed by atoms with Crippen LogP contribution in [-0.2, 0) is 0 Å². The molecule has 0 bridgehead atoms. The van der Waals surface area contributed by atoms with Crippen LogP contribution in [-0.4, -0.2) is 31.6 Å². The lowest BCUT2D eigenvalue weighted by atomic mass is 9.79. The molecule has 0 saturated heterocycles. The molecule has 0 fully saturated rings. The Bertz CT molecular complexity index is 384. The summed E-state index contributed by atoms with van der Waals surface area (Å²) in [6.45, 7) is 14.9. The predicted molar refractivity (Wildman–Crippen MR) is 93.6 cm³/mol. The first-order valence-electron chi connectivity index (χ1n) is 8.33. The van der Waals surface area contributed by atoms with E-state index < -0.39 is 0 Å². The van der Waals surface area contributed by atoms with Gasteiger partial charge in [-0.15, -0.1) is 0 Å². The number of benzene rings is 1. The van der Waals surface area contributed by atoms with Gasteiger partial charge in [0.15, 0.2) is 0 Å². The minimum atomic E-state index is 0.195. The average Bonchev–Trinajstić information content (AvgIpc) is 2.38. The zero-order valence-corrected chi connectivity index (χ0v) is 14.8. The molecule has 1 atom stereocenters. The molecule has 0 amide bonds. The van der Waals surface area contributed by atoms with Crippen LogP contribution < -0.4 is 5.32 Å². The highest BCUT2D eigenvalue weighted by Crippen LogP contribution is 2.34. The molecule has 1 aromatic carbocycles. The van der Waals surface area contributed by atoms with Crippen LogP contribution in [0.15, 0.2) is 30.3 Å². The van der Waals surface area contributed by atoms with E-state index in [1.807, 2.05) is 0 Å². The Morgan fingerprint density at radius 3 is 2.29 bits per heavy atom. The summed E-state index contributed by atoms with van der Waals surface area (Å²) in [5.41, 5.74) is 1.59. The van der Waals surface area contributed by atoms with Crippen molar-refractivity contribution in [1.29, 1.82) is 0 Å². The molecule has 21 heavy (non-hydrogen) atoms. The maximum absolute atomic E-state index is 3.76. The van der Waals surface area contributed by atoms with E-state index >= 15 is 0 Å². The molecule has 0 aliphatic rings. The first-order chi connectivity index (χ1) is 9.86. The number of hydrogen-bond donors (Lipinski definition) is 1. The third-order valence-electron chi connectivity index (χ3n) is 3.87. The molecule has 1 rings (SSSR count). The molecular formula is C19H34N2. The topological polar surface area (TPSA) is 15.3 Å². The summed E-state index contributed by atoms with van der Waals surface area (Å²) < 4.78 is 0. The Kier molecular flexibility index (Phi) is 7.41. The van der Waals surface area contributed by atoms with Crippen molar-refractivity contribution in [3.63, 3.8) is 0 Å². The second kappa shape index (κ2) is 8.55. The summed E-state index contributed by atoms with van der Waals surface area (Å²) in [5.74, 6) is 0.713. The molecule has 0 heterocycles. The van der Waals surface area contributed by atoms with Crippen LogP contribution >= 0.6 is 0 Å². The fourth-order valence-corrected chi connectivity index (χ4v) is 3.25. The minimum absolute atomic E-state index is 0.195. The van der Waals surface area contributed by atoms with E-state index in [0.717, 1.165) is 19.6 Å². The molecule has 2 nitrogen and oxygen atoms in total. The number of nitrogens with one attached hydrogen (secondary N) is 1. The normalized spacial score (nSPS) is 13.9. The van der Waals surface area contributed by atoms with Crippen LogP contribution in [0.5, 0.6) is 0 Å². The van der Waals surface area contributed by atoms with Crippen molar-refractivity contribution < 1.29 is 0 Å². The van der Waals surface area contributed by atoms with Gasteiger partial charge in [0.1, 0.15) is 0 Å². The van der Waals surface area contributed by atoms with Gasteiger partial charge < -0.3 is 10.2 Å². The molecule has 0 spiro atoms. The van der Waals surface area contributed by atoms with Gasteiger partial charge in [0.2, 0.25) is 0 Å². The standard InChI is InChI=1S/C19H34N2/c1-7-13-20-18(17-11-9-8-10-12-17)19(4,5)15-21(6)14-16(2)3/h8-12,16,18,20H,7,13-15H2,1-6H3. The fraction of sp³-hybridized carbons (Fsp3) is 0.684. The summed E-state index contributed by atoms with van der Waals surface area (Å²) in [6, 6.07) is 11.3. The van der Waals surface area contributed by atoms with Crippen molar-refractivity contribution in [3.05, 3.63) is 35.9 Å². The van der Waals surface area contributed by atoms with Crippen LogP contribution in [0.25, 0.3) is 0 Å². The highest BCUT2D eigenvalue weighted by Gasteiger charge is 2.31. The Labute approximate surface area is 131 Å². The van der Waals surface area contributed by atoms with E-state index in [9.17, 15) is 0 Å². The molecule has 0 radical (unpaired) electrons. The van der Waals surface area contributed by atoms with Crippen molar-refractivity contribution in [1.82, 2.24) is 10.2 Å². The van der Waals surface area contributed by atoms with Crippen molar-refractivity contribution >= 4 is 0 Å². The Morgan fingerprint density at radius 2 is 1.76 bits per heavy atom. The second-order valence-corrected chi connectivity index (χ2v) is 7.38. The summed E-state index contributed by atoms with van der Waals surface area (Å²) in [7, 11) is 2.24. The van der Waals surface area contributed by atoms with E-state index in [-0.39, 0.29) is 5.41 Å². The number of nitrogens with zero attached hydrogens (tertiary/aromatic N) is 1. The smallest absolute Gasteiger partial charge is 0.0384 e. The number of hydrogen-bond acceptors (Lipinski definition) is 2. The Balaban J connectivity index is 2.85. The average molecular weight is 290 g/mol. The van der Waals surface area contributed by atoms with Gasteiger partial charge >= 0.3 is 0 Å². The van der Waals surface area contributed by atoms with Gasteiger partial charge in [0.25, 0.3) is 0 Å². The first kappa shape index (κ1) is 18.2. The summed E-state index contributed by atoms with van der Waals surface area (Å²) in [6.07, 6.45) is 1.17. The summed E-state index contributed by atoms with van der Waals surface area (Å²) >= 11 is 0. The zero-order valence-electron chi connectivity index (χ0n) is 14.8. The van der Waals surface area contributed by atoms with Gasteiger partial charge in [-0.05, 0) is 36.9 Å². The largest absolute Gasteiger partial charge is 0.309 e. The maximum Gasteiger partial charge on any atom is 0.0384 e. The molecule has 1 N–H and O–H groups in total. The first-order valence-corrected chi connectivity index (χ1v) is 8.33. The molecule has 0 aliphatic heterocycles. The van der Waals surface area contributed by atoms with Crippen LogP contribution in [0.4, 0.5) is 0 Å². The molecule has 0 aliphatic carbocycles. The van der Waals surface area contributed by atoms with Crippen molar-refractivity contribution in [2.75, 3.05) is 26.7 Å². The third kappa shape index (κ3) is 6.19. The summed E-state index contributed by atoms with van der Waals surface area (Å²) in [4.78, 5) is 2.47. The van der Waals surface area contributed by atoms with Gasteiger partial charge in [0.05, 0.1) is 0 Å². The fourth-order valence-electron chi connectivity index (χ4n) is 3.25. The highest BCUT2D eigenvalue weighted by molar-refractivity contribution is 5.21. The highest BCUT2D eigenvalue weighted by atomic mass is 15.1. The van der Waals surface area contributed by atoms with Gasteiger partial charge in [0, 0.05) is 19.1 Å². The van der Waals surface area contributed by atoms with Gasteiger partial charge in [-0.1, -0.05) is 65.0 Å². The van der Waals surface area contributed by atoms with Crippen molar-refractivity contribution in [2.45, 2.75) is 47.1 Å². The van der Waals surface area contributed by atoms with E-state index in [0.29, 0.717) is 12.0 Å². The molecule has 0 aromatic heterocycles. The van der Waals surface area contributed by atoms with Crippen molar-refractivity contribution in [2.24, 2.45) is 11.3 Å². The van der Waals surface area contributed by atoms with Gasteiger partial charge in [-0.25, -0.2) is 0 Å². The lowest BCUT2D eigenvalue weighted by molar-refractivity contribution is 0.147. The van der Waals surface area contributed by atoms with E-state index in [1.54, 1.807) is 0 Å². The maximum atomic E-state index is 3.76. The second-order valence-electron chi connectivity index (χ2n) is 7.38. The Hall–Kier alpha value is -0.860. The van der Waals surface area contributed by atoms with E-state index in [4.69, 9.17) is 0 Å². The number of rotatable bonds is 9. The van der Waals surface area contributed by atoms with Crippen LogP contribution in [0, 0.1) is 11.3 Å². The van der Waals surface area contributed by atoms with Gasteiger partial charge in [-0.3, -0.25) is 0 Å². The van der Waals surface area contributed by atoms with E-state index in [2.05, 4.69) is 82.2 Å². The van der Waals surface area contributed by atoms with Gasteiger partial charge in [-0.2, -0.15) is 0 Å². The lowest BCUT2D eigenvalue weighted by Crippen LogP contribution is -2.43. The minimum Gasteiger partial charge on any atom is -0.309 e. The van der Waals surface area contributed by atoms with Crippen LogP contribution in [0.1, 0.15) is 52.6 Å².